The van der Waals surface area contributed by atoms with Crippen LogP contribution in [0.5, 0.6) is 0 Å². The van der Waals surface area contributed by atoms with Gasteiger partial charge in [-0.25, -0.2) is 4.98 Å². The zero-order valence-electron chi connectivity index (χ0n) is 15.7. The van der Waals surface area contributed by atoms with Crippen LogP contribution >= 0.6 is 12.4 Å². The molecule has 2 aromatic rings. The minimum Gasteiger partial charge on any atom is -0.412 e. The molecule has 5 rings (SSSR count). The largest absolute Gasteiger partial charge is 0.412 e. The Hall–Kier alpha value is -2.47. The first-order chi connectivity index (χ1) is 12.8. The molecular weight excluding hydrogens is 372 g/mol. The molecule has 3 atom stereocenters. The molecule has 1 saturated heterocycles. The first-order valence-electron chi connectivity index (χ1n) is 9.30. The number of halogens is 1. The van der Waals surface area contributed by atoms with Crippen LogP contribution < -0.4 is 5.32 Å². The van der Waals surface area contributed by atoms with Crippen molar-refractivity contribution in [2.75, 3.05) is 0 Å². The van der Waals surface area contributed by atoms with Crippen LogP contribution in [0.1, 0.15) is 43.1 Å². The van der Waals surface area contributed by atoms with Gasteiger partial charge in [-0.3, -0.25) is 4.98 Å². The van der Waals surface area contributed by atoms with Crippen LogP contribution in [0.25, 0.3) is 22.2 Å². The average Bonchev–Trinajstić information content (AvgIpc) is 3.15. The predicted molar refractivity (Wildman–Crippen MR) is 115 cm³/mol. The van der Waals surface area contributed by atoms with E-state index in [1.807, 2.05) is 18.5 Å². The van der Waals surface area contributed by atoms with Crippen molar-refractivity contribution < 1.29 is 5.48 Å². The normalized spacial score (nSPS) is 21.8. The highest BCUT2D eigenvalue weighted by Crippen LogP contribution is 2.36. The number of nitrogens with zero attached hydrogens (tertiary/aromatic N) is 2. The first-order valence-corrected chi connectivity index (χ1v) is 9.30. The van der Waals surface area contributed by atoms with Crippen LogP contribution in [0.15, 0.2) is 60.9 Å². The predicted octanol–water partition coefficient (Wildman–Crippen LogP) is 4.26. The van der Waals surface area contributed by atoms with E-state index < -0.39 is 0 Å². The number of hydrogen-bond donors (Lipinski definition) is 2. The van der Waals surface area contributed by atoms with Gasteiger partial charge in [-0.2, -0.15) is 0 Å². The molecule has 4 N–H and O–H groups in total. The summed E-state index contributed by atoms with van der Waals surface area (Å²) in [6.45, 7) is 2.27. The number of hydrogen-bond acceptors (Lipinski definition) is 3. The molecule has 0 saturated carbocycles. The Morgan fingerprint density at radius 1 is 0.964 bits per heavy atom. The van der Waals surface area contributed by atoms with E-state index in [4.69, 9.17) is 0 Å². The van der Waals surface area contributed by atoms with E-state index in [9.17, 15) is 0 Å². The van der Waals surface area contributed by atoms with E-state index in [1.54, 1.807) is 0 Å². The molecule has 2 aromatic carbocycles. The molecule has 3 aliphatic heterocycles. The summed E-state index contributed by atoms with van der Waals surface area (Å²) in [4.78, 5) is 12.5. The molecule has 3 heterocycles. The summed E-state index contributed by atoms with van der Waals surface area (Å²) >= 11 is 0. The van der Waals surface area contributed by atoms with Gasteiger partial charge in [0.1, 0.15) is 11.5 Å². The van der Waals surface area contributed by atoms with E-state index in [0.29, 0.717) is 18.0 Å². The summed E-state index contributed by atoms with van der Waals surface area (Å²) in [5, 5.41) is 6.37. The zero-order chi connectivity index (χ0) is 17.5. The molecule has 0 aliphatic carbocycles. The molecule has 0 aromatic heterocycles. The summed E-state index contributed by atoms with van der Waals surface area (Å²) in [7, 11) is 0. The lowest BCUT2D eigenvalue weighted by molar-refractivity contribution is 0.300. The van der Waals surface area contributed by atoms with Crippen LogP contribution in [-0.4, -0.2) is 26.5 Å². The Labute approximate surface area is 170 Å². The molecule has 0 amide bonds. The number of fused-ring (bicyclic) bond motifs is 2. The van der Waals surface area contributed by atoms with E-state index >= 15 is 0 Å². The molecule has 3 unspecified atom stereocenters. The van der Waals surface area contributed by atoms with Gasteiger partial charge in [-0.05, 0) is 48.2 Å². The Kier molecular flexibility index (Phi) is 5.98. The van der Waals surface area contributed by atoms with Crippen molar-refractivity contribution in [1.82, 2.24) is 20.3 Å². The topological polar surface area (TPSA) is 85.1 Å². The Balaban J connectivity index is 0.00000112. The molecule has 146 valence electrons. The van der Waals surface area contributed by atoms with Gasteiger partial charge in [0.25, 0.3) is 0 Å². The molecule has 5 nitrogen and oxygen atoms in total. The van der Waals surface area contributed by atoms with Crippen LogP contribution in [0.2, 0.25) is 0 Å². The standard InChI is InChI=1S/C22H22N4.ClH.H2O/c1-14-10-18(22-24-13-21-19(26-22)8-9-23-21)12-20(25-14)17-7-6-15-4-2-3-5-16(15)11-17;;/h2-9,11,13-14,18,20,25H,10,12H2,1H3,(H,24,26);1H;1H2. The summed E-state index contributed by atoms with van der Waals surface area (Å²) < 4.78 is 0. The third-order valence-corrected chi connectivity index (χ3v) is 5.53. The van der Waals surface area contributed by atoms with Crippen LogP contribution in [0.3, 0.4) is 0 Å². The lowest BCUT2D eigenvalue weighted by atomic mass is 9.84. The second-order valence-electron chi connectivity index (χ2n) is 7.41. The number of piperidine rings is 1. The highest BCUT2D eigenvalue weighted by molar-refractivity contribution is 5.85. The molecule has 28 heavy (non-hydrogen) atoms. The van der Waals surface area contributed by atoms with Crippen molar-refractivity contribution in [3.63, 3.8) is 0 Å². The van der Waals surface area contributed by atoms with Crippen LogP contribution in [0, 0.1) is 0 Å². The van der Waals surface area contributed by atoms with Crippen molar-refractivity contribution in [2.24, 2.45) is 0 Å². The van der Waals surface area contributed by atoms with Gasteiger partial charge >= 0.3 is 0 Å². The number of aromatic nitrogens is 3. The number of aromatic amines is 1. The number of nitrogens with one attached hydrogen (secondary N) is 2. The van der Waals surface area contributed by atoms with E-state index in [2.05, 4.69) is 69.7 Å². The summed E-state index contributed by atoms with van der Waals surface area (Å²) in [5.41, 5.74) is 3.36. The third kappa shape index (κ3) is 3.74. The lowest BCUT2D eigenvalue weighted by Crippen LogP contribution is -2.38. The number of H-pyrrole nitrogens is 1. The number of rotatable bonds is 2. The highest BCUT2D eigenvalue weighted by Gasteiger charge is 2.29. The SMILES string of the molecule is CC1CC(c2ncc3nccc-3[nH]2)CC(c2ccc3ccccc3c2)N1.Cl.O. The van der Waals surface area contributed by atoms with Crippen molar-refractivity contribution in [2.45, 2.75) is 37.8 Å². The summed E-state index contributed by atoms with van der Waals surface area (Å²) in [5.74, 6) is 1.49. The van der Waals surface area contributed by atoms with Crippen molar-refractivity contribution in [1.29, 1.82) is 0 Å². The zero-order valence-corrected chi connectivity index (χ0v) is 16.5. The van der Waals surface area contributed by atoms with Gasteiger partial charge in [0.05, 0.1) is 11.9 Å². The highest BCUT2D eigenvalue weighted by atomic mass is 35.5. The lowest BCUT2D eigenvalue weighted by Gasteiger charge is -2.35. The molecule has 0 radical (unpaired) electrons. The van der Waals surface area contributed by atoms with Gasteiger partial charge < -0.3 is 15.8 Å². The summed E-state index contributed by atoms with van der Waals surface area (Å²) in [6, 6.07) is 18.2. The average molecular weight is 397 g/mol. The fourth-order valence-electron chi connectivity index (χ4n) is 4.23. The van der Waals surface area contributed by atoms with E-state index in [-0.39, 0.29) is 17.9 Å². The van der Waals surface area contributed by atoms with Gasteiger partial charge in [0.15, 0.2) is 0 Å². The van der Waals surface area contributed by atoms with E-state index in [1.165, 1.54) is 16.3 Å². The van der Waals surface area contributed by atoms with Crippen LogP contribution in [-0.2, 0) is 0 Å². The molecule has 0 spiro atoms. The minimum absolute atomic E-state index is 0. The third-order valence-electron chi connectivity index (χ3n) is 5.53. The maximum absolute atomic E-state index is 4.67. The van der Waals surface area contributed by atoms with Crippen LogP contribution in [0.4, 0.5) is 0 Å². The maximum Gasteiger partial charge on any atom is 0.109 e. The van der Waals surface area contributed by atoms with Gasteiger partial charge in [0, 0.05) is 24.2 Å². The smallest absolute Gasteiger partial charge is 0.109 e. The fourth-order valence-corrected chi connectivity index (χ4v) is 4.23. The molecule has 3 aliphatic rings. The fraction of sp³-hybridized carbons (Fsp3) is 0.273. The number of benzene rings is 2. The quantitative estimate of drug-likeness (QED) is 0.531. The Morgan fingerprint density at radius 3 is 2.64 bits per heavy atom. The van der Waals surface area contributed by atoms with Gasteiger partial charge in [-0.15, -0.1) is 12.4 Å². The first kappa shape index (κ1) is 20.3. The Bertz CT molecular complexity index is 1030. The maximum atomic E-state index is 4.67. The van der Waals surface area contributed by atoms with Crippen molar-refractivity contribution in [3.05, 3.63) is 72.3 Å². The monoisotopic (exact) mass is 396 g/mol. The Morgan fingerprint density at radius 2 is 1.79 bits per heavy atom. The minimum atomic E-state index is 0. The van der Waals surface area contributed by atoms with Crippen molar-refractivity contribution >= 4 is 23.2 Å². The van der Waals surface area contributed by atoms with Gasteiger partial charge in [0.2, 0.25) is 0 Å². The molecule has 0 bridgehead atoms. The second-order valence-corrected chi connectivity index (χ2v) is 7.41. The van der Waals surface area contributed by atoms with Crippen molar-refractivity contribution in [3.8, 4) is 11.4 Å². The van der Waals surface area contributed by atoms with Gasteiger partial charge in [-0.1, -0.05) is 36.4 Å². The van der Waals surface area contributed by atoms with E-state index in [0.717, 1.165) is 30.1 Å². The molecule has 6 heteroatoms. The molecule has 1 fully saturated rings. The molecular formula is C22H25ClN4O. The second kappa shape index (κ2) is 8.27. The summed E-state index contributed by atoms with van der Waals surface area (Å²) in [6.07, 6.45) is 5.85.